The number of carbonyl (C=O) groups is 1. The molecule has 1 saturated carbocycles. The van der Waals surface area contributed by atoms with Crippen molar-refractivity contribution >= 4 is 45.7 Å². The van der Waals surface area contributed by atoms with Gasteiger partial charge in [0, 0.05) is 28.9 Å². The van der Waals surface area contributed by atoms with E-state index in [1.165, 1.54) is 35.9 Å². The first kappa shape index (κ1) is 17.5. The highest BCUT2D eigenvalue weighted by Crippen LogP contribution is 2.39. The van der Waals surface area contributed by atoms with Crippen LogP contribution in [0.5, 0.6) is 0 Å². The average molecular weight is 406 g/mol. The first-order chi connectivity index (χ1) is 12.6. The Hall–Kier alpha value is -1.90. The van der Waals surface area contributed by atoms with Crippen molar-refractivity contribution in [2.45, 2.75) is 23.9 Å². The summed E-state index contributed by atoms with van der Waals surface area (Å²) in [7, 11) is 1.95. The van der Waals surface area contributed by atoms with Crippen LogP contribution < -0.4 is 5.32 Å². The lowest BCUT2D eigenvalue weighted by molar-refractivity contribution is -0.113. The highest BCUT2D eigenvalue weighted by atomic mass is 35.5. The first-order valence-electron chi connectivity index (χ1n) is 8.13. The van der Waals surface area contributed by atoms with Crippen LogP contribution in [0.25, 0.3) is 11.3 Å². The third-order valence-corrected chi connectivity index (χ3v) is 6.06. The van der Waals surface area contributed by atoms with E-state index in [9.17, 15) is 4.79 Å². The molecule has 9 heteroatoms. The Labute approximate surface area is 164 Å². The Kier molecular flexibility index (Phi) is 4.97. The zero-order chi connectivity index (χ0) is 18.1. The molecule has 1 N–H and O–H groups in total. The highest BCUT2D eigenvalue weighted by molar-refractivity contribution is 7.99. The Morgan fingerprint density at radius 2 is 2.12 bits per heavy atom. The van der Waals surface area contributed by atoms with E-state index in [0.29, 0.717) is 16.1 Å². The molecule has 0 saturated heterocycles. The number of nitrogens with one attached hydrogen (secondary N) is 1. The molecule has 0 aliphatic heterocycles. The summed E-state index contributed by atoms with van der Waals surface area (Å²) in [4.78, 5) is 16.7. The molecule has 0 spiro atoms. The average Bonchev–Trinajstić information content (AvgIpc) is 3.25. The number of anilines is 1. The van der Waals surface area contributed by atoms with E-state index in [1.807, 2.05) is 41.3 Å². The Morgan fingerprint density at radius 3 is 2.85 bits per heavy atom. The van der Waals surface area contributed by atoms with Crippen molar-refractivity contribution in [3.8, 4) is 11.3 Å². The van der Waals surface area contributed by atoms with Gasteiger partial charge in [0.2, 0.25) is 5.91 Å². The molecule has 0 bridgehead atoms. The van der Waals surface area contributed by atoms with Crippen molar-refractivity contribution in [3.05, 3.63) is 40.5 Å². The lowest BCUT2D eigenvalue weighted by atomic mass is 10.2. The summed E-state index contributed by atoms with van der Waals surface area (Å²) in [5.41, 5.74) is 1.78. The maximum atomic E-state index is 12.2. The molecule has 0 unspecified atom stereocenters. The Bertz CT molecular complexity index is 933. The zero-order valence-electron chi connectivity index (χ0n) is 14.0. The van der Waals surface area contributed by atoms with Crippen LogP contribution in [0.2, 0.25) is 5.02 Å². The van der Waals surface area contributed by atoms with Gasteiger partial charge in [0.25, 0.3) is 0 Å². The Balaban J connectivity index is 1.34. The van der Waals surface area contributed by atoms with Gasteiger partial charge < -0.3 is 9.88 Å². The molecule has 6 nitrogen and oxygen atoms in total. The summed E-state index contributed by atoms with van der Waals surface area (Å²) in [5, 5.41) is 15.2. The molecule has 2 aromatic heterocycles. The fourth-order valence-electron chi connectivity index (χ4n) is 2.52. The minimum absolute atomic E-state index is 0.108. The molecule has 1 fully saturated rings. The minimum atomic E-state index is -0.108. The van der Waals surface area contributed by atoms with Crippen molar-refractivity contribution in [3.63, 3.8) is 0 Å². The lowest BCUT2D eigenvalue weighted by Crippen LogP contribution is -2.14. The van der Waals surface area contributed by atoms with Gasteiger partial charge in [-0.25, -0.2) is 4.98 Å². The SMILES string of the molecule is Cn1c(SCC(=O)Nc2nc(-c3ccc(Cl)cc3)cs2)nnc1C1CC1. The topological polar surface area (TPSA) is 72.7 Å². The molecule has 2 heterocycles. The maximum Gasteiger partial charge on any atom is 0.236 e. The molecular formula is C17H16ClN5OS2. The number of aromatic nitrogens is 4. The zero-order valence-corrected chi connectivity index (χ0v) is 16.4. The van der Waals surface area contributed by atoms with Crippen LogP contribution in [0.15, 0.2) is 34.8 Å². The van der Waals surface area contributed by atoms with Crippen molar-refractivity contribution in [2.75, 3.05) is 11.1 Å². The summed E-state index contributed by atoms with van der Waals surface area (Å²) < 4.78 is 1.98. The summed E-state index contributed by atoms with van der Waals surface area (Å²) in [6, 6.07) is 7.46. The van der Waals surface area contributed by atoms with Crippen molar-refractivity contribution in [1.29, 1.82) is 0 Å². The molecule has 1 amide bonds. The van der Waals surface area contributed by atoms with Gasteiger partial charge in [0.1, 0.15) is 5.82 Å². The molecule has 4 rings (SSSR count). The van der Waals surface area contributed by atoms with Gasteiger partial charge in [0.05, 0.1) is 11.4 Å². The number of rotatable bonds is 6. The van der Waals surface area contributed by atoms with Gasteiger partial charge in [-0.05, 0) is 25.0 Å². The molecule has 26 heavy (non-hydrogen) atoms. The van der Waals surface area contributed by atoms with Crippen LogP contribution in [-0.4, -0.2) is 31.4 Å². The Morgan fingerprint density at radius 1 is 1.35 bits per heavy atom. The van der Waals surface area contributed by atoms with Gasteiger partial charge in [0.15, 0.2) is 10.3 Å². The quantitative estimate of drug-likeness (QED) is 0.622. The smallest absolute Gasteiger partial charge is 0.236 e. The molecular weight excluding hydrogens is 390 g/mol. The van der Waals surface area contributed by atoms with Crippen molar-refractivity contribution in [2.24, 2.45) is 7.05 Å². The number of amides is 1. The number of nitrogens with zero attached hydrogens (tertiary/aromatic N) is 4. The third kappa shape index (κ3) is 3.92. The second kappa shape index (κ2) is 7.38. The fourth-order valence-corrected chi connectivity index (χ4v) is 4.10. The predicted molar refractivity (Wildman–Crippen MR) is 105 cm³/mol. The van der Waals surface area contributed by atoms with E-state index in [2.05, 4.69) is 20.5 Å². The van der Waals surface area contributed by atoms with Crippen LogP contribution in [0.1, 0.15) is 24.6 Å². The summed E-state index contributed by atoms with van der Waals surface area (Å²) in [6.45, 7) is 0. The van der Waals surface area contributed by atoms with E-state index in [1.54, 1.807) is 0 Å². The number of thioether (sulfide) groups is 1. The summed E-state index contributed by atoms with van der Waals surface area (Å²) in [6.07, 6.45) is 2.36. The number of hydrogen-bond acceptors (Lipinski definition) is 6. The molecule has 134 valence electrons. The molecule has 3 aromatic rings. The van der Waals surface area contributed by atoms with Crippen LogP contribution in [0.4, 0.5) is 5.13 Å². The minimum Gasteiger partial charge on any atom is -0.309 e. The number of thiazole rings is 1. The number of benzene rings is 1. The van der Waals surface area contributed by atoms with E-state index >= 15 is 0 Å². The third-order valence-electron chi connectivity index (χ3n) is 4.03. The van der Waals surface area contributed by atoms with E-state index in [4.69, 9.17) is 11.6 Å². The van der Waals surface area contributed by atoms with Crippen LogP contribution >= 0.6 is 34.7 Å². The van der Waals surface area contributed by atoms with Crippen molar-refractivity contribution < 1.29 is 4.79 Å². The van der Waals surface area contributed by atoms with Gasteiger partial charge in [-0.3, -0.25) is 4.79 Å². The highest BCUT2D eigenvalue weighted by Gasteiger charge is 2.29. The number of hydrogen-bond donors (Lipinski definition) is 1. The molecule has 1 aromatic carbocycles. The summed E-state index contributed by atoms with van der Waals surface area (Å²) >= 11 is 8.69. The fraction of sp³-hybridized carbons (Fsp3) is 0.294. The number of carbonyl (C=O) groups excluding carboxylic acids is 1. The molecule has 0 atom stereocenters. The van der Waals surface area contributed by atoms with Gasteiger partial charge in [-0.2, -0.15) is 0 Å². The molecule has 1 aliphatic carbocycles. The van der Waals surface area contributed by atoms with Gasteiger partial charge in [-0.15, -0.1) is 21.5 Å². The number of halogens is 1. The van der Waals surface area contributed by atoms with Gasteiger partial charge in [-0.1, -0.05) is 35.5 Å². The van der Waals surface area contributed by atoms with Crippen molar-refractivity contribution in [1.82, 2.24) is 19.7 Å². The maximum absolute atomic E-state index is 12.2. The molecule has 0 radical (unpaired) electrons. The van der Waals surface area contributed by atoms with Gasteiger partial charge >= 0.3 is 0 Å². The van der Waals surface area contributed by atoms with E-state index in [0.717, 1.165) is 22.2 Å². The largest absolute Gasteiger partial charge is 0.309 e. The van der Waals surface area contributed by atoms with Crippen LogP contribution in [0, 0.1) is 0 Å². The second-order valence-electron chi connectivity index (χ2n) is 6.06. The van der Waals surface area contributed by atoms with Crippen LogP contribution in [-0.2, 0) is 11.8 Å². The second-order valence-corrected chi connectivity index (χ2v) is 8.29. The lowest BCUT2D eigenvalue weighted by Gasteiger charge is -2.03. The standard InChI is InChI=1S/C17H16ClN5OS2/c1-23-15(11-2-3-11)21-22-17(23)26-9-14(24)20-16-19-13(8-25-16)10-4-6-12(18)7-5-10/h4-8,11H,2-3,9H2,1H3,(H,19,20,24). The predicted octanol–water partition coefficient (Wildman–Crippen LogP) is 4.20. The monoisotopic (exact) mass is 405 g/mol. The summed E-state index contributed by atoms with van der Waals surface area (Å²) in [5.74, 6) is 1.72. The normalized spacial score (nSPS) is 13.8. The van der Waals surface area contributed by atoms with Crippen LogP contribution in [0.3, 0.4) is 0 Å². The van der Waals surface area contributed by atoms with E-state index in [-0.39, 0.29) is 11.7 Å². The first-order valence-corrected chi connectivity index (χ1v) is 10.4. The molecule has 1 aliphatic rings. The van der Waals surface area contributed by atoms with E-state index < -0.39 is 0 Å².